The second-order valence-electron chi connectivity index (χ2n) is 5.05. The highest BCUT2D eigenvalue weighted by atomic mass is 16.2. The molecular weight excluding hydrogens is 278 g/mol. The van der Waals surface area contributed by atoms with E-state index in [2.05, 4.69) is 16.0 Å². The van der Waals surface area contributed by atoms with Crippen LogP contribution in [0.15, 0.2) is 48.6 Å². The Hall–Kier alpha value is -2.56. The van der Waals surface area contributed by atoms with E-state index in [1.54, 1.807) is 24.3 Å². The molecule has 0 aliphatic heterocycles. The maximum Gasteiger partial charge on any atom is 0.319 e. The Bertz CT molecular complexity index is 546. The SMILES string of the molecule is C/C=C/C=C/C(=O)NCc1ccc(NC(=O)NC(C)C)cc1. The second-order valence-corrected chi connectivity index (χ2v) is 5.05. The van der Waals surface area contributed by atoms with Crippen LogP contribution in [0.1, 0.15) is 26.3 Å². The Kier molecular flexibility index (Phi) is 7.47. The highest BCUT2D eigenvalue weighted by Crippen LogP contribution is 2.09. The Balaban J connectivity index is 2.45. The van der Waals surface area contributed by atoms with Crippen LogP contribution in [0.4, 0.5) is 10.5 Å². The number of carbonyl (C=O) groups is 2. The van der Waals surface area contributed by atoms with Crippen LogP contribution in [-0.2, 0) is 11.3 Å². The smallest absolute Gasteiger partial charge is 0.319 e. The zero-order valence-electron chi connectivity index (χ0n) is 13.2. The minimum atomic E-state index is -0.231. The van der Waals surface area contributed by atoms with E-state index >= 15 is 0 Å². The third-order valence-corrected chi connectivity index (χ3v) is 2.65. The average Bonchev–Trinajstić information content (AvgIpc) is 2.46. The summed E-state index contributed by atoms with van der Waals surface area (Å²) in [5.41, 5.74) is 1.67. The molecule has 0 radical (unpaired) electrons. The van der Waals surface area contributed by atoms with Crippen molar-refractivity contribution in [1.29, 1.82) is 0 Å². The van der Waals surface area contributed by atoms with E-state index in [-0.39, 0.29) is 18.0 Å². The van der Waals surface area contributed by atoms with E-state index in [0.29, 0.717) is 12.2 Å². The number of hydrogen-bond acceptors (Lipinski definition) is 2. The van der Waals surface area contributed by atoms with E-state index in [4.69, 9.17) is 0 Å². The molecule has 5 nitrogen and oxygen atoms in total. The maximum absolute atomic E-state index is 11.6. The van der Waals surface area contributed by atoms with Crippen LogP contribution < -0.4 is 16.0 Å². The van der Waals surface area contributed by atoms with Gasteiger partial charge in [0, 0.05) is 24.4 Å². The first-order chi connectivity index (χ1) is 10.5. The summed E-state index contributed by atoms with van der Waals surface area (Å²) in [5.74, 6) is -0.142. The molecule has 1 aromatic carbocycles. The number of anilines is 1. The van der Waals surface area contributed by atoms with Gasteiger partial charge in [-0.15, -0.1) is 0 Å². The first-order valence-electron chi connectivity index (χ1n) is 7.25. The normalized spacial score (nSPS) is 11.1. The Morgan fingerprint density at radius 1 is 1.14 bits per heavy atom. The van der Waals surface area contributed by atoms with Crippen LogP contribution in [0.2, 0.25) is 0 Å². The number of benzene rings is 1. The van der Waals surface area contributed by atoms with Gasteiger partial charge in [0.25, 0.3) is 0 Å². The molecule has 0 unspecified atom stereocenters. The molecule has 0 spiro atoms. The predicted molar refractivity (Wildman–Crippen MR) is 89.5 cm³/mol. The van der Waals surface area contributed by atoms with Gasteiger partial charge < -0.3 is 16.0 Å². The van der Waals surface area contributed by atoms with Crippen LogP contribution in [-0.4, -0.2) is 18.0 Å². The molecule has 3 amide bonds. The van der Waals surface area contributed by atoms with Crippen molar-refractivity contribution in [3.05, 3.63) is 54.1 Å². The fraction of sp³-hybridized carbons (Fsp3) is 0.294. The molecule has 5 heteroatoms. The van der Waals surface area contributed by atoms with Crippen LogP contribution >= 0.6 is 0 Å². The number of urea groups is 1. The highest BCUT2D eigenvalue weighted by Gasteiger charge is 2.03. The fourth-order valence-electron chi connectivity index (χ4n) is 1.64. The Labute approximate surface area is 131 Å². The van der Waals surface area contributed by atoms with Gasteiger partial charge >= 0.3 is 6.03 Å². The number of allylic oxidation sites excluding steroid dienone is 3. The summed E-state index contributed by atoms with van der Waals surface area (Å²) in [6.45, 7) is 6.13. The third kappa shape index (κ3) is 7.28. The van der Waals surface area contributed by atoms with Crippen LogP contribution in [0.25, 0.3) is 0 Å². The molecule has 0 atom stereocenters. The lowest BCUT2D eigenvalue weighted by Crippen LogP contribution is -2.34. The van der Waals surface area contributed by atoms with Crippen LogP contribution in [0.5, 0.6) is 0 Å². The van der Waals surface area contributed by atoms with Crippen molar-refractivity contribution in [2.75, 3.05) is 5.32 Å². The molecule has 0 saturated carbocycles. The van der Waals surface area contributed by atoms with Gasteiger partial charge in [-0.05, 0) is 38.5 Å². The van der Waals surface area contributed by atoms with E-state index in [1.807, 2.05) is 39.0 Å². The average molecular weight is 301 g/mol. The lowest BCUT2D eigenvalue weighted by atomic mass is 10.2. The standard InChI is InChI=1S/C17H23N3O2/c1-4-5-6-7-16(21)18-12-14-8-10-15(11-9-14)20-17(22)19-13(2)3/h4-11,13H,12H2,1-3H3,(H,18,21)(H2,19,20,22)/b5-4+,7-6+. The molecule has 1 rings (SSSR count). The van der Waals surface area contributed by atoms with Gasteiger partial charge in [-0.25, -0.2) is 4.79 Å². The summed E-state index contributed by atoms with van der Waals surface area (Å²) >= 11 is 0. The van der Waals surface area contributed by atoms with Gasteiger partial charge in [-0.3, -0.25) is 4.79 Å². The molecule has 0 saturated heterocycles. The Morgan fingerprint density at radius 3 is 2.41 bits per heavy atom. The number of amides is 3. The van der Waals surface area contributed by atoms with Gasteiger partial charge in [-0.1, -0.05) is 30.4 Å². The van der Waals surface area contributed by atoms with Crippen molar-refractivity contribution in [2.45, 2.75) is 33.4 Å². The molecule has 0 heterocycles. The van der Waals surface area contributed by atoms with Crippen molar-refractivity contribution in [3.8, 4) is 0 Å². The monoisotopic (exact) mass is 301 g/mol. The van der Waals surface area contributed by atoms with Crippen LogP contribution in [0, 0.1) is 0 Å². The predicted octanol–water partition coefficient (Wildman–Crippen LogP) is 2.97. The number of rotatable bonds is 6. The zero-order chi connectivity index (χ0) is 16.4. The largest absolute Gasteiger partial charge is 0.348 e. The molecule has 0 aliphatic rings. The van der Waals surface area contributed by atoms with E-state index in [0.717, 1.165) is 5.56 Å². The fourth-order valence-corrected chi connectivity index (χ4v) is 1.64. The quantitative estimate of drug-likeness (QED) is 0.558. The van der Waals surface area contributed by atoms with Crippen molar-refractivity contribution < 1.29 is 9.59 Å². The van der Waals surface area contributed by atoms with Gasteiger partial charge in [0.2, 0.25) is 5.91 Å². The van der Waals surface area contributed by atoms with Crippen molar-refractivity contribution in [2.24, 2.45) is 0 Å². The minimum Gasteiger partial charge on any atom is -0.348 e. The molecule has 22 heavy (non-hydrogen) atoms. The molecule has 0 aromatic heterocycles. The molecule has 1 aromatic rings. The number of carbonyl (C=O) groups excluding carboxylic acids is 2. The first-order valence-corrected chi connectivity index (χ1v) is 7.25. The van der Waals surface area contributed by atoms with Crippen molar-refractivity contribution in [3.63, 3.8) is 0 Å². The first kappa shape index (κ1) is 17.5. The van der Waals surface area contributed by atoms with Crippen LogP contribution in [0.3, 0.4) is 0 Å². The topological polar surface area (TPSA) is 70.2 Å². The molecule has 0 bridgehead atoms. The van der Waals surface area contributed by atoms with Gasteiger partial charge in [0.05, 0.1) is 0 Å². The molecule has 0 fully saturated rings. The van der Waals surface area contributed by atoms with E-state index < -0.39 is 0 Å². The van der Waals surface area contributed by atoms with Gasteiger partial charge in [-0.2, -0.15) is 0 Å². The van der Waals surface area contributed by atoms with E-state index in [1.165, 1.54) is 6.08 Å². The summed E-state index contributed by atoms with van der Waals surface area (Å²) in [5, 5.41) is 8.28. The zero-order valence-corrected chi connectivity index (χ0v) is 13.2. The van der Waals surface area contributed by atoms with Gasteiger partial charge in [0.15, 0.2) is 0 Å². The maximum atomic E-state index is 11.6. The number of hydrogen-bond donors (Lipinski definition) is 3. The van der Waals surface area contributed by atoms with Gasteiger partial charge in [0.1, 0.15) is 0 Å². The lowest BCUT2D eigenvalue weighted by Gasteiger charge is -2.10. The summed E-state index contributed by atoms with van der Waals surface area (Å²) in [7, 11) is 0. The molecule has 3 N–H and O–H groups in total. The van der Waals surface area contributed by atoms with Crippen molar-refractivity contribution in [1.82, 2.24) is 10.6 Å². The summed E-state index contributed by atoms with van der Waals surface area (Å²) in [6, 6.07) is 7.19. The highest BCUT2D eigenvalue weighted by molar-refractivity contribution is 5.89. The second kappa shape index (κ2) is 9.39. The Morgan fingerprint density at radius 2 is 1.82 bits per heavy atom. The molecular formula is C17H23N3O2. The molecule has 118 valence electrons. The minimum absolute atomic E-state index is 0.0880. The molecule has 0 aliphatic carbocycles. The lowest BCUT2D eigenvalue weighted by molar-refractivity contribution is -0.116. The van der Waals surface area contributed by atoms with E-state index in [9.17, 15) is 9.59 Å². The summed E-state index contributed by atoms with van der Waals surface area (Å²) in [4.78, 5) is 23.1. The number of nitrogens with one attached hydrogen (secondary N) is 3. The third-order valence-electron chi connectivity index (χ3n) is 2.65. The summed E-state index contributed by atoms with van der Waals surface area (Å²) in [6.07, 6.45) is 6.81. The van der Waals surface area contributed by atoms with Crippen molar-refractivity contribution >= 4 is 17.6 Å². The summed E-state index contributed by atoms with van der Waals surface area (Å²) < 4.78 is 0.